The van der Waals surface area contributed by atoms with Gasteiger partial charge in [0, 0.05) is 12.6 Å². The van der Waals surface area contributed by atoms with Crippen LogP contribution < -0.4 is 14.8 Å². The first-order valence-electron chi connectivity index (χ1n) is 8.16. The van der Waals surface area contributed by atoms with E-state index in [-0.39, 0.29) is 0 Å². The fourth-order valence-electron chi connectivity index (χ4n) is 3.18. The molecule has 0 aliphatic carbocycles. The van der Waals surface area contributed by atoms with Crippen LogP contribution in [0.5, 0.6) is 11.5 Å². The molecule has 0 saturated carbocycles. The van der Waals surface area contributed by atoms with Crippen LogP contribution in [-0.4, -0.2) is 37.4 Å². The minimum atomic E-state index is 0.347. The highest BCUT2D eigenvalue weighted by molar-refractivity contribution is 5.44. The van der Waals surface area contributed by atoms with Gasteiger partial charge < -0.3 is 19.7 Å². The topological polar surface area (TPSA) is 33.7 Å². The minimum Gasteiger partial charge on any atom is -0.454 e. The van der Waals surface area contributed by atoms with Crippen molar-refractivity contribution in [1.29, 1.82) is 0 Å². The molecule has 0 spiro atoms. The normalized spacial score (nSPS) is 21.7. The van der Waals surface area contributed by atoms with E-state index in [4.69, 9.17) is 9.47 Å². The molecular formula is C17H26N2O2. The molecular weight excluding hydrogens is 264 g/mol. The fourth-order valence-corrected chi connectivity index (χ4v) is 3.18. The molecule has 1 aromatic rings. The third-order valence-electron chi connectivity index (χ3n) is 4.51. The van der Waals surface area contributed by atoms with Crippen LogP contribution in [0.3, 0.4) is 0 Å². The number of hydrogen-bond acceptors (Lipinski definition) is 4. The first-order valence-corrected chi connectivity index (χ1v) is 8.16. The highest BCUT2D eigenvalue weighted by Gasteiger charge is 2.17. The van der Waals surface area contributed by atoms with Crippen LogP contribution in [0.2, 0.25) is 0 Å². The van der Waals surface area contributed by atoms with Crippen molar-refractivity contribution in [3.05, 3.63) is 23.8 Å². The van der Waals surface area contributed by atoms with Crippen molar-refractivity contribution in [1.82, 2.24) is 10.2 Å². The number of nitrogens with zero attached hydrogens (tertiary/aromatic N) is 1. The zero-order valence-corrected chi connectivity index (χ0v) is 12.9. The molecule has 1 aromatic carbocycles. The molecule has 0 radical (unpaired) electrons. The predicted molar refractivity (Wildman–Crippen MR) is 83.8 cm³/mol. The van der Waals surface area contributed by atoms with Crippen molar-refractivity contribution < 1.29 is 9.47 Å². The van der Waals surface area contributed by atoms with Crippen molar-refractivity contribution >= 4 is 0 Å². The number of ether oxygens (including phenoxy) is 2. The zero-order chi connectivity index (χ0) is 14.5. The molecule has 3 rings (SSSR count). The Bertz CT molecular complexity index is 464. The van der Waals surface area contributed by atoms with Crippen LogP contribution in [0.1, 0.15) is 38.2 Å². The Morgan fingerprint density at radius 3 is 3.05 bits per heavy atom. The first kappa shape index (κ1) is 14.7. The van der Waals surface area contributed by atoms with Crippen LogP contribution in [0.25, 0.3) is 0 Å². The van der Waals surface area contributed by atoms with E-state index in [2.05, 4.69) is 29.3 Å². The maximum atomic E-state index is 5.40. The second-order valence-electron chi connectivity index (χ2n) is 6.10. The lowest BCUT2D eigenvalue weighted by atomic mass is 10.0. The van der Waals surface area contributed by atoms with Gasteiger partial charge in [-0.15, -0.1) is 0 Å². The number of hydrogen-bond donors (Lipinski definition) is 1. The molecule has 116 valence electrons. The van der Waals surface area contributed by atoms with E-state index in [1.54, 1.807) is 0 Å². The van der Waals surface area contributed by atoms with Gasteiger partial charge in [0.25, 0.3) is 0 Å². The largest absolute Gasteiger partial charge is 0.454 e. The minimum absolute atomic E-state index is 0.347. The summed E-state index contributed by atoms with van der Waals surface area (Å²) in [6.45, 7) is 7.17. The molecule has 2 heterocycles. The Morgan fingerprint density at radius 2 is 2.14 bits per heavy atom. The molecule has 0 aromatic heterocycles. The molecule has 4 nitrogen and oxygen atoms in total. The lowest BCUT2D eigenvalue weighted by Crippen LogP contribution is -2.38. The summed E-state index contributed by atoms with van der Waals surface area (Å²) in [7, 11) is 0. The number of nitrogens with one attached hydrogen (secondary N) is 1. The van der Waals surface area contributed by atoms with E-state index in [0.29, 0.717) is 6.79 Å². The van der Waals surface area contributed by atoms with Crippen molar-refractivity contribution in [2.75, 3.05) is 26.4 Å². The average molecular weight is 290 g/mol. The lowest BCUT2D eigenvalue weighted by molar-refractivity contribution is 0.159. The number of rotatable bonds is 6. The Hall–Kier alpha value is -1.26. The SMILES string of the molecule is C[C@@H]1CCCCN1CCCNCc1ccc2c(c1)OCO2. The molecule has 2 aliphatic rings. The number of likely N-dealkylation sites (tertiary alicyclic amines) is 1. The molecule has 0 unspecified atom stereocenters. The second kappa shape index (κ2) is 7.14. The van der Waals surface area contributed by atoms with Gasteiger partial charge in [0.05, 0.1) is 0 Å². The van der Waals surface area contributed by atoms with Crippen LogP contribution in [0.4, 0.5) is 0 Å². The zero-order valence-electron chi connectivity index (χ0n) is 12.9. The Balaban J connectivity index is 1.35. The first-order chi connectivity index (χ1) is 10.3. The molecule has 1 saturated heterocycles. The number of fused-ring (bicyclic) bond motifs is 1. The van der Waals surface area contributed by atoms with Crippen LogP contribution >= 0.6 is 0 Å². The van der Waals surface area contributed by atoms with Gasteiger partial charge in [-0.2, -0.15) is 0 Å². The Morgan fingerprint density at radius 1 is 1.24 bits per heavy atom. The summed E-state index contributed by atoms with van der Waals surface area (Å²) in [5, 5.41) is 3.52. The lowest BCUT2D eigenvalue weighted by Gasteiger charge is -2.33. The Labute approximate surface area is 127 Å². The average Bonchev–Trinajstić information content (AvgIpc) is 2.96. The molecule has 21 heavy (non-hydrogen) atoms. The molecule has 1 fully saturated rings. The molecule has 1 atom stereocenters. The van der Waals surface area contributed by atoms with Crippen LogP contribution in [0.15, 0.2) is 18.2 Å². The van der Waals surface area contributed by atoms with Gasteiger partial charge in [0.1, 0.15) is 0 Å². The van der Waals surface area contributed by atoms with Gasteiger partial charge in [0.2, 0.25) is 6.79 Å². The molecule has 1 N–H and O–H groups in total. The van der Waals surface area contributed by atoms with E-state index in [0.717, 1.165) is 30.6 Å². The Kier molecular flexibility index (Phi) is 4.99. The third-order valence-corrected chi connectivity index (χ3v) is 4.51. The monoisotopic (exact) mass is 290 g/mol. The maximum Gasteiger partial charge on any atom is 0.231 e. The maximum absolute atomic E-state index is 5.40. The van der Waals surface area contributed by atoms with Gasteiger partial charge in [-0.05, 0) is 63.5 Å². The summed E-state index contributed by atoms with van der Waals surface area (Å²) >= 11 is 0. The highest BCUT2D eigenvalue weighted by atomic mass is 16.7. The third kappa shape index (κ3) is 3.89. The van der Waals surface area contributed by atoms with Crippen LogP contribution in [0, 0.1) is 0 Å². The second-order valence-corrected chi connectivity index (χ2v) is 6.10. The van der Waals surface area contributed by atoms with Crippen LogP contribution in [-0.2, 0) is 6.54 Å². The van der Waals surface area contributed by atoms with Crippen molar-refractivity contribution in [2.24, 2.45) is 0 Å². The summed E-state index contributed by atoms with van der Waals surface area (Å²) in [6.07, 6.45) is 5.36. The summed E-state index contributed by atoms with van der Waals surface area (Å²) < 4.78 is 10.7. The standard InChI is InChI=1S/C17H26N2O2/c1-14-5-2-3-9-19(14)10-4-8-18-12-15-6-7-16-17(11-15)21-13-20-16/h6-7,11,14,18H,2-5,8-10,12-13H2,1H3/t14-/m1/s1. The van der Waals surface area contributed by atoms with E-state index < -0.39 is 0 Å². The molecule has 2 aliphatic heterocycles. The van der Waals surface area contributed by atoms with E-state index in [1.165, 1.54) is 44.3 Å². The smallest absolute Gasteiger partial charge is 0.231 e. The van der Waals surface area contributed by atoms with E-state index >= 15 is 0 Å². The predicted octanol–water partition coefficient (Wildman–Crippen LogP) is 2.77. The quantitative estimate of drug-likeness (QED) is 0.817. The molecule has 0 bridgehead atoms. The van der Waals surface area contributed by atoms with Gasteiger partial charge >= 0.3 is 0 Å². The summed E-state index contributed by atoms with van der Waals surface area (Å²) in [5.74, 6) is 1.73. The summed E-state index contributed by atoms with van der Waals surface area (Å²) in [6, 6.07) is 6.94. The van der Waals surface area contributed by atoms with E-state index in [1.807, 2.05) is 6.07 Å². The van der Waals surface area contributed by atoms with E-state index in [9.17, 15) is 0 Å². The van der Waals surface area contributed by atoms with Crippen molar-refractivity contribution in [3.8, 4) is 11.5 Å². The van der Waals surface area contributed by atoms with Crippen molar-refractivity contribution in [2.45, 2.75) is 45.2 Å². The van der Waals surface area contributed by atoms with Gasteiger partial charge in [0.15, 0.2) is 11.5 Å². The summed E-state index contributed by atoms with van der Waals surface area (Å²) in [5.41, 5.74) is 1.26. The highest BCUT2D eigenvalue weighted by Crippen LogP contribution is 2.32. The fraction of sp³-hybridized carbons (Fsp3) is 0.647. The van der Waals surface area contributed by atoms with Gasteiger partial charge in [-0.1, -0.05) is 12.5 Å². The van der Waals surface area contributed by atoms with Gasteiger partial charge in [-0.25, -0.2) is 0 Å². The summed E-state index contributed by atoms with van der Waals surface area (Å²) in [4.78, 5) is 2.63. The molecule has 0 amide bonds. The molecule has 4 heteroatoms. The van der Waals surface area contributed by atoms with Crippen molar-refractivity contribution in [3.63, 3.8) is 0 Å². The number of piperidine rings is 1. The number of benzene rings is 1. The van der Waals surface area contributed by atoms with Gasteiger partial charge in [-0.3, -0.25) is 0 Å².